The highest BCUT2D eigenvalue weighted by molar-refractivity contribution is 5.98. The fourth-order valence-electron chi connectivity index (χ4n) is 6.64. The van der Waals surface area contributed by atoms with E-state index < -0.39 is 5.60 Å². The number of carbonyl (C=O) groups is 1. The predicted octanol–water partition coefficient (Wildman–Crippen LogP) is 3.38. The van der Waals surface area contributed by atoms with Gasteiger partial charge in [-0.15, -0.1) is 0 Å². The number of amides is 1. The number of benzene rings is 1. The van der Waals surface area contributed by atoms with Crippen molar-refractivity contribution < 1.29 is 14.6 Å². The van der Waals surface area contributed by atoms with Gasteiger partial charge in [-0.3, -0.25) is 4.79 Å². The van der Waals surface area contributed by atoms with Gasteiger partial charge in [0.05, 0.1) is 24.7 Å². The molecule has 1 aromatic carbocycles. The molecule has 1 saturated carbocycles. The van der Waals surface area contributed by atoms with Crippen LogP contribution in [0.2, 0.25) is 0 Å². The second-order valence-corrected chi connectivity index (χ2v) is 11.1. The van der Waals surface area contributed by atoms with Crippen LogP contribution in [0.5, 0.6) is 0 Å². The Labute approximate surface area is 220 Å². The Bertz CT molecular complexity index is 1020. The highest BCUT2D eigenvalue weighted by Gasteiger charge is 2.42. The second-order valence-electron chi connectivity index (χ2n) is 11.1. The minimum Gasteiger partial charge on any atom is -0.385 e. The first-order valence-corrected chi connectivity index (χ1v) is 14.2. The molecular formula is C29H43N5O3. The topological polar surface area (TPSA) is 91.6 Å². The highest BCUT2D eigenvalue weighted by atomic mass is 16.5. The minimum atomic E-state index is -0.984. The summed E-state index contributed by atoms with van der Waals surface area (Å²) >= 11 is 0. The van der Waals surface area contributed by atoms with Crippen LogP contribution >= 0.6 is 0 Å². The average Bonchev–Trinajstić information content (AvgIpc) is 3.38. The first kappa shape index (κ1) is 26.4. The number of methoxy groups -OCH3 is 1. The molecule has 0 radical (unpaired) electrons. The largest absolute Gasteiger partial charge is 0.385 e. The summed E-state index contributed by atoms with van der Waals surface area (Å²) in [5, 5.41) is 18.8. The van der Waals surface area contributed by atoms with Crippen LogP contribution in [0.3, 0.4) is 0 Å². The van der Waals surface area contributed by atoms with E-state index >= 15 is 0 Å². The van der Waals surface area contributed by atoms with E-state index in [2.05, 4.69) is 15.2 Å². The van der Waals surface area contributed by atoms with Crippen LogP contribution in [-0.2, 0) is 4.74 Å². The molecule has 8 heteroatoms. The summed E-state index contributed by atoms with van der Waals surface area (Å²) in [5.41, 5.74) is 1.26. The normalized spacial score (nSPS) is 28.8. The summed E-state index contributed by atoms with van der Waals surface area (Å²) in [5.74, 6) is -0.00760. The van der Waals surface area contributed by atoms with Crippen LogP contribution < -0.4 is 10.6 Å². The third kappa shape index (κ3) is 5.77. The Morgan fingerprint density at radius 1 is 1.14 bits per heavy atom. The van der Waals surface area contributed by atoms with E-state index in [1.807, 2.05) is 35.2 Å². The van der Waals surface area contributed by atoms with Crippen molar-refractivity contribution in [2.45, 2.75) is 81.5 Å². The van der Waals surface area contributed by atoms with E-state index in [4.69, 9.17) is 9.72 Å². The van der Waals surface area contributed by atoms with Crippen molar-refractivity contribution in [2.75, 3.05) is 39.9 Å². The van der Waals surface area contributed by atoms with Crippen molar-refractivity contribution in [3.8, 4) is 11.3 Å². The van der Waals surface area contributed by atoms with E-state index in [0.29, 0.717) is 24.7 Å². The lowest BCUT2D eigenvalue weighted by Crippen LogP contribution is -2.54. The van der Waals surface area contributed by atoms with Crippen molar-refractivity contribution in [3.05, 3.63) is 42.4 Å². The third-order valence-electron chi connectivity index (χ3n) is 8.60. The number of nitrogens with zero attached hydrogens (tertiary/aromatic N) is 3. The monoisotopic (exact) mass is 509 g/mol. The molecule has 37 heavy (non-hydrogen) atoms. The fourth-order valence-corrected chi connectivity index (χ4v) is 6.64. The van der Waals surface area contributed by atoms with Crippen LogP contribution in [0.4, 0.5) is 0 Å². The van der Waals surface area contributed by atoms with Gasteiger partial charge in [-0.05, 0) is 45.1 Å². The second kappa shape index (κ2) is 12.1. The molecule has 202 valence electrons. The molecule has 1 aromatic heterocycles. The summed E-state index contributed by atoms with van der Waals surface area (Å²) < 4.78 is 7.51. The van der Waals surface area contributed by atoms with Crippen molar-refractivity contribution in [1.82, 2.24) is 25.1 Å². The van der Waals surface area contributed by atoms with Gasteiger partial charge in [-0.25, -0.2) is 4.98 Å². The number of nitrogens with one attached hydrogen (secondary N) is 2. The van der Waals surface area contributed by atoms with Gasteiger partial charge in [0.25, 0.3) is 5.91 Å². The van der Waals surface area contributed by atoms with Gasteiger partial charge in [0.1, 0.15) is 5.60 Å². The van der Waals surface area contributed by atoms with E-state index in [-0.39, 0.29) is 24.6 Å². The molecule has 3 N–H and O–H groups in total. The molecule has 5 rings (SSSR count). The number of piperazine rings is 1. The summed E-state index contributed by atoms with van der Waals surface area (Å²) in [6.45, 7) is 3.66. The van der Waals surface area contributed by atoms with E-state index in [9.17, 15) is 9.90 Å². The SMILES string of the molecule is COC[C@]1(O)CCCC[C@H]1n1cnc(C(=O)N2CCNCC2CCC2CCCCN2)c1-c1ccccc1. The quantitative estimate of drug-likeness (QED) is 0.505. The number of imidazole rings is 1. The van der Waals surface area contributed by atoms with Gasteiger partial charge in [-0.1, -0.05) is 49.6 Å². The summed E-state index contributed by atoms with van der Waals surface area (Å²) in [4.78, 5) is 20.9. The lowest BCUT2D eigenvalue weighted by Gasteiger charge is -2.41. The van der Waals surface area contributed by atoms with Crippen LogP contribution in [0.25, 0.3) is 11.3 Å². The number of hydrogen-bond acceptors (Lipinski definition) is 6. The smallest absolute Gasteiger partial charge is 0.275 e. The van der Waals surface area contributed by atoms with Crippen molar-refractivity contribution in [2.24, 2.45) is 0 Å². The van der Waals surface area contributed by atoms with Gasteiger partial charge in [0, 0.05) is 44.4 Å². The number of piperidine rings is 1. The Kier molecular flexibility index (Phi) is 8.60. The molecule has 1 amide bonds. The van der Waals surface area contributed by atoms with E-state index in [0.717, 1.165) is 63.0 Å². The molecule has 2 saturated heterocycles. The molecular weight excluding hydrogens is 466 g/mol. The highest BCUT2D eigenvalue weighted by Crippen LogP contribution is 2.41. The zero-order valence-electron chi connectivity index (χ0n) is 22.2. The molecule has 3 aliphatic rings. The number of aromatic nitrogens is 2. The Hall–Kier alpha value is -2.26. The molecule has 3 heterocycles. The summed E-state index contributed by atoms with van der Waals surface area (Å²) in [7, 11) is 1.64. The zero-order valence-corrected chi connectivity index (χ0v) is 22.2. The molecule has 1 aliphatic carbocycles. The maximum Gasteiger partial charge on any atom is 0.275 e. The van der Waals surface area contributed by atoms with Crippen molar-refractivity contribution in [1.29, 1.82) is 0 Å². The molecule has 4 atom stereocenters. The summed E-state index contributed by atoms with van der Waals surface area (Å²) in [6.07, 6.45) is 11.1. The molecule has 3 fully saturated rings. The van der Waals surface area contributed by atoms with Crippen LogP contribution in [-0.4, -0.2) is 83.0 Å². The lowest BCUT2D eigenvalue weighted by molar-refractivity contribution is -0.0893. The Balaban J connectivity index is 1.45. The minimum absolute atomic E-state index is 0.00760. The van der Waals surface area contributed by atoms with Gasteiger partial charge in [0.15, 0.2) is 5.69 Å². The maximum absolute atomic E-state index is 14.2. The summed E-state index contributed by atoms with van der Waals surface area (Å²) in [6, 6.07) is 10.6. The number of carbonyl (C=O) groups excluding carboxylic acids is 1. The molecule has 0 spiro atoms. The van der Waals surface area contributed by atoms with Gasteiger partial charge >= 0.3 is 0 Å². The zero-order chi connectivity index (χ0) is 25.7. The first-order chi connectivity index (χ1) is 18.1. The molecule has 8 nitrogen and oxygen atoms in total. The predicted molar refractivity (Wildman–Crippen MR) is 145 cm³/mol. The molecule has 0 bridgehead atoms. The van der Waals surface area contributed by atoms with Crippen molar-refractivity contribution >= 4 is 5.91 Å². The van der Waals surface area contributed by atoms with Gasteiger partial charge < -0.3 is 29.9 Å². The van der Waals surface area contributed by atoms with Crippen LogP contribution in [0.15, 0.2) is 36.7 Å². The number of ether oxygens (including phenoxy) is 1. The number of rotatable bonds is 8. The van der Waals surface area contributed by atoms with Crippen molar-refractivity contribution in [3.63, 3.8) is 0 Å². The third-order valence-corrected chi connectivity index (χ3v) is 8.60. The van der Waals surface area contributed by atoms with Gasteiger partial charge in [-0.2, -0.15) is 0 Å². The maximum atomic E-state index is 14.2. The molecule has 2 aliphatic heterocycles. The Morgan fingerprint density at radius 3 is 2.76 bits per heavy atom. The molecule has 2 aromatic rings. The fraction of sp³-hybridized carbons (Fsp3) is 0.655. The Morgan fingerprint density at radius 2 is 1.97 bits per heavy atom. The lowest BCUT2D eigenvalue weighted by atomic mass is 9.80. The van der Waals surface area contributed by atoms with Gasteiger partial charge in [0.2, 0.25) is 0 Å². The van der Waals surface area contributed by atoms with Crippen LogP contribution in [0, 0.1) is 0 Å². The first-order valence-electron chi connectivity index (χ1n) is 14.2. The van der Waals surface area contributed by atoms with E-state index in [1.54, 1.807) is 13.4 Å². The van der Waals surface area contributed by atoms with E-state index in [1.165, 1.54) is 19.3 Å². The number of hydrogen-bond donors (Lipinski definition) is 3. The average molecular weight is 510 g/mol. The van der Waals surface area contributed by atoms with Crippen LogP contribution in [0.1, 0.15) is 74.3 Å². The standard InChI is InChI=1S/C29H43N5O3/c1-37-20-29(36)15-7-5-12-25(29)34-21-32-26(27(34)22-9-3-2-4-10-22)28(35)33-18-17-30-19-24(33)14-13-23-11-6-8-16-31-23/h2-4,9-10,21,23-25,30-31,36H,5-8,11-20H2,1H3/t23?,24?,25-,29-/m1/s1. The molecule has 2 unspecified atom stereocenters. The number of aliphatic hydroxyl groups is 1.